The summed E-state index contributed by atoms with van der Waals surface area (Å²) in [4.78, 5) is 12.8. The zero-order valence-corrected chi connectivity index (χ0v) is 15.9. The van der Waals surface area contributed by atoms with Gasteiger partial charge in [0.15, 0.2) is 6.04 Å². The molecule has 1 amide bonds. The number of anilines is 2. The first kappa shape index (κ1) is 19.9. The first-order valence-electron chi connectivity index (χ1n) is 9.35. The molecule has 0 fully saturated rings. The van der Waals surface area contributed by atoms with E-state index in [0.29, 0.717) is 23.8 Å². The number of ether oxygens (including phenoxy) is 1. The minimum atomic E-state index is -4.53. The van der Waals surface area contributed by atoms with Crippen LogP contribution in [0.3, 0.4) is 0 Å². The van der Waals surface area contributed by atoms with Gasteiger partial charge in [0.25, 0.3) is 5.91 Å². The van der Waals surface area contributed by atoms with Crippen LogP contribution in [0, 0.1) is 0 Å². The van der Waals surface area contributed by atoms with Crippen molar-refractivity contribution >= 4 is 17.4 Å². The van der Waals surface area contributed by atoms with Gasteiger partial charge in [0.2, 0.25) is 0 Å². The fraction of sp³-hybridized carbons (Fsp3) is 0.300. The van der Waals surface area contributed by atoms with Crippen LogP contribution < -0.4 is 15.4 Å². The van der Waals surface area contributed by atoms with Crippen molar-refractivity contribution in [2.75, 3.05) is 17.2 Å². The highest BCUT2D eigenvalue weighted by molar-refractivity contribution is 6.07. The highest BCUT2D eigenvalue weighted by Gasteiger charge is 2.47. The standard InChI is InChI=1S/C20H19F3N4O3/c1-2-29-13-7-5-12(6-8-13)25-19(28)14-11-24-27-17(20(21,22)23)10-15(26-18(14)27)16-4-3-9-30-16/h3-9,11,15,17,26H,2,10H2,1H3,(H,25,28)/t15-,17+/m1/s1. The Morgan fingerprint density at radius 2 is 2.10 bits per heavy atom. The van der Waals surface area contributed by atoms with E-state index in [0.717, 1.165) is 10.9 Å². The molecule has 0 aliphatic carbocycles. The van der Waals surface area contributed by atoms with Crippen molar-refractivity contribution in [3.05, 3.63) is 60.2 Å². The van der Waals surface area contributed by atoms with Gasteiger partial charge in [-0.15, -0.1) is 0 Å². The molecule has 0 unspecified atom stereocenters. The molecule has 4 rings (SSSR count). The van der Waals surface area contributed by atoms with Crippen molar-refractivity contribution in [2.45, 2.75) is 31.6 Å². The fourth-order valence-corrected chi connectivity index (χ4v) is 3.40. The molecule has 0 saturated carbocycles. The Kier molecular flexibility index (Phi) is 5.15. The largest absolute Gasteiger partial charge is 0.494 e. The lowest BCUT2D eigenvalue weighted by atomic mass is 10.0. The van der Waals surface area contributed by atoms with Gasteiger partial charge in [-0.1, -0.05) is 0 Å². The number of nitrogens with zero attached hydrogens (tertiary/aromatic N) is 2. The third-order valence-corrected chi connectivity index (χ3v) is 4.79. The Hall–Kier alpha value is -3.43. The van der Waals surface area contributed by atoms with Crippen molar-refractivity contribution in [3.8, 4) is 5.75 Å². The minimum absolute atomic E-state index is 0.00610. The van der Waals surface area contributed by atoms with Gasteiger partial charge in [-0.3, -0.25) is 4.79 Å². The lowest BCUT2D eigenvalue weighted by Gasteiger charge is -2.32. The second kappa shape index (κ2) is 7.77. The number of aromatic nitrogens is 2. The lowest BCUT2D eigenvalue weighted by molar-refractivity contribution is -0.174. The topological polar surface area (TPSA) is 81.3 Å². The van der Waals surface area contributed by atoms with E-state index < -0.39 is 24.2 Å². The number of alkyl halides is 3. The van der Waals surface area contributed by atoms with Crippen molar-refractivity contribution in [2.24, 2.45) is 0 Å². The van der Waals surface area contributed by atoms with E-state index in [-0.39, 0.29) is 17.8 Å². The summed E-state index contributed by atoms with van der Waals surface area (Å²) >= 11 is 0. The molecule has 0 bridgehead atoms. The van der Waals surface area contributed by atoms with E-state index in [9.17, 15) is 18.0 Å². The van der Waals surface area contributed by atoms with Crippen molar-refractivity contribution < 1.29 is 27.1 Å². The molecular weight excluding hydrogens is 401 g/mol. The molecule has 0 saturated heterocycles. The van der Waals surface area contributed by atoms with E-state index >= 15 is 0 Å². The Labute approximate surface area is 169 Å². The first-order chi connectivity index (χ1) is 14.4. The third-order valence-electron chi connectivity index (χ3n) is 4.79. The zero-order chi connectivity index (χ0) is 21.3. The maximum atomic E-state index is 13.7. The summed E-state index contributed by atoms with van der Waals surface area (Å²) in [5, 5.41) is 9.49. The van der Waals surface area contributed by atoms with Gasteiger partial charge in [0, 0.05) is 12.1 Å². The molecule has 30 heavy (non-hydrogen) atoms. The predicted molar refractivity (Wildman–Crippen MR) is 103 cm³/mol. The molecule has 3 heterocycles. The van der Waals surface area contributed by atoms with Crippen LogP contribution in [0.4, 0.5) is 24.7 Å². The Morgan fingerprint density at radius 1 is 1.33 bits per heavy atom. The van der Waals surface area contributed by atoms with E-state index in [1.54, 1.807) is 36.4 Å². The Balaban J connectivity index is 1.61. The average Bonchev–Trinajstić information content (AvgIpc) is 3.38. The SMILES string of the molecule is CCOc1ccc(NC(=O)c2cnn3c2N[C@@H](c2ccco2)C[C@H]3C(F)(F)F)cc1. The molecule has 1 aliphatic heterocycles. The first-order valence-corrected chi connectivity index (χ1v) is 9.35. The summed E-state index contributed by atoms with van der Waals surface area (Å²) in [6, 6.07) is 7.26. The normalized spacial score (nSPS) is 18.4. The number of furan rings is 1. The summed E-state index contributed by atoms with van der Waals surface area (Å²) in [5.41, 5.74) is 0.489. The van der Waals surface area contributed by atoms with Gasteiger partial charge in [0.1, 0.15) is 22.9 Å². The zero-order valence-electron chi connectivity index (χ0n) is 15.9. The van der Waals surface area contributed by atoms with Gasteiger partial charge < -0.3 is 19.8 Å². The molecule has 1 aromatic carbocycles. The maximum Gasteiger partial charge on any atom is 0.410 e. The smallest absolute Gasteiger partial charge is 0.410 e. The molecule has 10 heteroatoms. The van der Waals surface area contributed by atoms with E-state index in [1.807, 2.05) is 6.92 Å². The van der Waals surface area contributed by atoms with E-state index in [2.05, 4.69) is 15.7 Å². The number of fused-ring (bicyclic) bond motifs is 1. The van der Waals surface area contributed by atoms with Gasteiger partial charge >= 0.3 is 6.18 Å². The van der Waals surface area contributed by atoms with Crippen LogP contribution >= 0.6 is 0 Å². The van der Waals surface area contributed by atoms with Crippen LogP contribution in [-0.2, 0) is 0 Å². The molecular formula is C20H19F3N4O3. The highest BCUT2D eigenvalue weighted by Crippen LogP contribution is 2.44. The molecule has 1 aliphatic rings. The predicted octanol–water partition coefficient (Wildman–Crippen LogP) is 4.79. The second-order valence-electron chi connectivity index (χ2n) is 6.77. The highest BCUT2D eigenvalue weighted by atomic mass is 19.4. The quantitative estimate of drug-likeness (QED) is 0.621. The van der Waals surface area contributed by atoms with Gasteiger partial charge in [-0.2, -0.15) is 18.3 Å². The van der Waals surface area contributed by atoms with E-state index in [1.165, 1.54) is 6.26 Å². The Morgan fingerprint density at radius 3 is 2.73 bits per heavy atom. The number of amides is 1. The molecule has 2 aromatic heterocycles. The Bertz CT molecular complexity index is 1010. The molecule has 7 nitrogen and oxygen atoms in total. The van der Waals surface area contributed by atoms with Crippen LogP contribution in [0.2, 0.25) is 0 Å². The van der Waals surface area contributed by atoms with Crippen LogP contribution in [0.15, 0.2) is 53.3 Å². The van der Waals surface area contributed by atoms with Crippen molar-refractivity contribution in [3.63, 3.8) is 0 Å². The van der Waals surface area contributed by atoms with Gasteiger partial charge in [-0.25, -0.2) is 4.68 Å². The molecule has 158 valence electrons. The molecule has 0 radical (unpaired) electrons. The van der Waals surface area contributed by atoms with Crippen LogP contribution in [-0.4, -0.2) is 28.5 Å². The van der Waals surface area contributed by atoms with Crippen LogP contribution in [0.25, 0.3) is 0 Å². The molecule has 2 atom stereocenters. The third kappa shape index (κ3) is 3.85. The van der Waals surface area contributed by atoms with Crippen LogP contribution in [0.1, 0.15) is 41.5 Å². The molecule has 0 spiro atoms. The monoisotopic (exact) mass is 420 g/mol. The second-order valence-corrected chi connectivity index (χ2v) is 6.77. The summed E-state index contributed by atoms with van der Waals surface area (Å²) in [7, 11) is 0. The average molecular weight is 420 g/mol. The number of hydrogen-bond acceptors (Lipinski definition) is 5. The summed E-state index contributed by atoms with van der Waals surface area (Å²) in [5.74, 6) is 0.422. The molecule has 3 aromatic rings. The van der Waals surface area contributed by atoms with Crippen molar-refractivity contribution in [1.29, 1.82) is 0 Å². The van der Waals surface area contributed by atoms with Gasteiger partial charge in [-0.05, 0) is 43.3 Å². The molecule has 2 N–H and O–H groups in total. The number of halogens is 3. The minimum Gasteiger partial charge on any atom is -0.494 e. The maximum absolute atomic E-state index is 13.7. The number of nitrogens with one attached hydrogen (secondary N) is 2. The summed E-state index contributed by atoms with van der Waals surface area (Å²) in [6.45, 7) is 2.37. The number of rotatable bonds is 5. The number of carbonyl (C=O) groups excluding carboxylic acids is 1. The summed E-state index contributed by atoms with van der Waals surface area (Å²) < 4.78 is 52.4. The van der Waals surface area contributed by atoms with Gasteiger partial charge in [0.05, 0.1) is 25.1 Å². The van der Waals surface area contributed by atoms with E-state index in [4.69, 9.17) is 9.15 Å². The number of hydrogen-bond donors (Lipinski definition) is 2. The lowest BCUT2D eigenvalue weighted by Crippen LogP contribution is -2.36. The number of carbonyl (C=O) groups is 1. The fourth-order valence-electron chi connectivity index (χ4n) is 3.40. The van der Waals surface area contributed by atoms with Crippen molar-refractivity contribution in [1.82, 2.24) is 9.78 Å². The summed E-state index contributed by atoms with van der Waals surface area (Å²) in [6.07, 6.45) is -2.30. The van der Waals surface area contributed by atoms with Crippen LogP contribution in [0.5, 0.6) is 5.75 Å². The number of benzene rings is 1.